The minimum absolute atomic E-state index is 0.0608. The Morgan fingerprint density at radius 1 is 0.567 bits per heavy atom. The number of hydrogen-bond donors (Lipinski definition) is 14. The largest absolute Gasteiger partial charge is 0.370 e. The molecule has 29 nitrogen and oxygen atoms in total. The molecule has 12 amide bonds. The number of guanidine groups is 1. The summed E-state index contributed by atoms with van der Waals surface area (Å²) in [5.74, 6) is -8.41. The van der Waals surface area contributed by atoms with Crippen molar-refractivity contribution < 1.29 is 57.5 Å². The summed E-state index contributed by atoms with van der Waals surface area (Å²) in [6.45, 7) is 3.32. The molecule has 2 aliphatic heterocycles. The van der Waals surface area contributed by atoms with Gasteiger partial charge in [-0.05, 0) is 106 Å². The van der Waals surface area contributed by atoms with Crippen molar-refractivity contribution in [1.29, 1.82) is 0 Å². The lowest BCUT2D eigenvalue weighted by molar-refractivity contribution is -0.144. The van der Waals surface area contributed by atoms with E-state index >= 15 is 0 Å². The van der Waals surface area contributed by atoms with Crippen LogP contribution in [0.5, 0.6) is 0 Å². The third-order valence-electron chi connectivity index (χ3n) is 15.2. The first kappa shape index (κ1) is 74.1. The van der Waals surface area contributed by atoms with Crippen molar-refractivity contribution in [1.82, 2.24) is 52.3 Å². The normalized spacial score (nSPS) is 16.8. The number of carbonyl (C=O) groups is 12. The quantitative estimate of drug-likeness (QED) is 0.0177. The zero-order valence-corrected chi connectivity index (χ0v) is 52.5. The van der Waals surface area contributed by atoms with Crippen molar-refractivity contribution >= 4 is 88.6 Å². The SMILES string of the molecule is CSCCC(NC(=O)C(CC(C)C)NC(=O)CNC(=O)C(Cc1ccccc1)NC(=O)C(Cc1ccccc1)NC(=O)C(CCC(N)=O)NC(=O)CNC(=O)C1CCCN1C(=O)C(CCCN=C(N)N)NC(=O)C1CCCN1C(=O)C(N)CCCCN)C(N)=O. The van der Waals surface area contributed by atoms with E-state index in [1.165, 1.54) is 21.6 Å². The Morgan fingerprint density at radius 3 is 1.63 bits per heavy atom. The number of aliphatic imine (C=N–C) groups is 1. The summed E-state index contributed by atoms with van der Waals surface area (Å²) in [6, 6.07) is 6.80. The van der Waals surface area contributed by atoms with Gasteiger partial charge in [-0.1, -0.05) is 80.9 Å². The van der Waals surface area contributed by atoms with E-state index in [2.05, 4.69) is 47.5 Å². The van der Waals surface area contributed by atoms with Crippen LogP contribution < -0.4 is 76.9 Å². The van der Waals surface area contributed by atoms with Gasteiger partial charge in [0.05, 0.1) is 19.1 Å². The van der Waals surface area contributed by atoms with Gasteiger partial charge < -0.3 is 86.7 Å². The third-order valence-corrected chi connectivity index (χ3v) is 15.8. The maximum atomic E-state index is 14.5. The van der Waals surface area contributed by atoms with E-state index in [4.69, 9.17) is 34.4 Å². The number of nitrogens with zero attached hydrogens (tertiary/aromatic N) is 3. The number of rotatable bonds is 39. The Bertz CT molecular complexity index is 2780. The number of likely N-dealkylation sites (tertiary alicyclic amines) is 2. The second-order valence-electron chi connectivity index (χ2n) is 22.8. The molecular weight excluding hydrogens is 1180 g/mol. The maximum absolute atomic E-state index is 14.5. The van der Waals surface area contributed by atoms with Crippen LogP contribution in [0.2, 0.25) is 0 Å². The van der Waals surface area contributed by atoms with Gasteiger partial charge in [0.25, 0.3) is 0 Å². The van der Waals surface area contributed by atoms with Crippen LogP contribution in [0.25, 0.3) is 0 Å². The van der Waals surface area contributed by atoms with Crippen molar-refractivity contribution in [3.8, 4) is 0 Å². The summed E-state index contributed by atoms with van der Waals surface area (Å²) in [7, 11) is 0. The maximum Gasteiger partial charge on any atom is 0.245 e. The van der Waals surface area contributed by atoms with E-state index in [1.54, 1.807) is 60.7 Å². The standard InChI is InChI=1S/C60H93N17O12S/c1-36(2)31-43(54(84)72-40(51(64)81)25-30-90-3)71-50(80)34-68-52(82)44(32-37-15-6-4-7-16-37)74-55(85)45(33-38-17-8-5-9-18-38)75-53(83)41(23-24-48(63)78)70-49(79)35-69-56(86)46-21-13-29-77(46)59(89)42(20-12-27-67-60(65)66)73-57(87)47-22-14-28-76(47)58(88)39(62)19-10-11-26-61/h4-9,15-18,36,39-47H,10-14,19-35,61-62H2,1-3H3,(H2,63,78)(H2,64,81)(H,68,82)(H,69,86)(H,70,79)(H,71,80)(H,72,84)(H,73,87)(H,74,85)(H,75,83)(H4,65,66,67). The van der Waals surface area contributed by atoms with E-state index in [0.29, 0.717) is 68.5 Å². The lowest BCUT2D eigenvalue weighted by atomic mass is 10.0. The summed E-state index contributed by atoms with van der Waals surface area (Å²) in [5, 5.41) is 21.0. The van der Waals surface area contributed by atoms with Crippen molar-refractivity contribution in [3.63, 3.8) is 0 Å². The lowest BCUT2D eigenvalue weighted by Crippen LogP contribution is -2.59. The fraction of sp³-hybridized carbons (Fsp3) is 0.583. The van der Waals surface area contributed by atoms with Crippen molar-refractivity contribution in [3.05, 3.63) is 71.8 Å². The van der Waals surface area contributed by atoms with Crippen LogP contribution in [0.15, 0.2) is 65.7 Å². The predicted octanol–water partition coefficient (Wildman–Crippen LogP) is -3.35. The Labute approximate surface area is 529 Å². The number of nitrogens with one attached hydrogen (secondary N) is 8. The molecule has 2 fully saturated rings. The molecule has 496 valence electrons. The van der Waals surface area contributed by atoms with Crippen molar-refractivity contribution in [2.75, 3.05) is 51.3 Å². The first-order chi connectivity index (χ1) is 42.9. The molecule has 9 unspecified atom stereocenters. The topological polar surface area (TPSA) is 476 Å². The van der Waals surface area contributed by atoms with Crippen LogP contribution >= 0.6 is 11.8 Å². The minimum Gasteiger partial charge on any atom is -0.370 e. The minimum atomic E-state index is -1.51. The second-order valence-corrected chi connectivity index (χ2v) is 23.8. The fourth-order valence-corrected chi connectivity index (χ4v) is 10.9. The van der Waals surface area contributed by atoms with E-state index in [1.807, 2.05) is 20.1 Å². The summed E-state index contributed by atoms with van der Waals surface area (Å²) in [5.41, 5.74) is 35.1. The van der Waals surface area contributed by atoms with Crippen LogP contribution in [0.1, 0.15) is 108 Å². The highest BCUT2D eigenvalue weighted by Crippen LogP contribution is 2.23. The molecule has 2 aromatic carbocycles. The highest BCUT2D eigenvalue weighted by molar-refractivity contribution is 7.98. The average molecular weight is 1280 g/mol. The van der Waals surface area contributed by atoms with Crippen molar-refractivity contribution in [2.45, 2.75) is 165 Å². The Hall–Kier alpha value is -8.38. The van der Waals surface area contributed by atoms with Crippen LogP contribution in [-0.4, -0.2) is 192 Å². The lowest BCUT2D eigenvalue weighted by Gasteiger charge is -2.31. The van der Waals surface area contributed by atoms with Crippen LogP contribution in [0.3, 0.4) is 0 Å². The van der Waals surface area contributed by atoms with E-state index < -0.39 is 139 Å². The molecule has 20 N–H and O–H groups in total. The van der Waals surface area contributed by atoms with Gasteiger partial charge in [0.2, 0.25) is 70.9 Å². The van der Waals surface area contributed by atoms with Gasteiger partial charge in [0.1, 0.15) is 48.3 Å². The zero-order valence-electron chi connectivity index (χ0n) is 51.7. The number of benzene rings is 2. The molecule has 0 saturated carbocycles. The number of carbonyl (C=O) groups excluding carboxylic acids is 12. The summed E-state index contributed by atoms with van der Waals surface area (Å²) in [6.07, 6.45) is 4.79. The van der Waals surface area contributed by atoms with Crippen LogP contribution in [0, 0.1) is 5.92 Å². The molecule has 2 aliphatic rings. The number of nitrogens with two attached hydrogens (primary N) is 6. The second kappa shape index (κ2) is 38.9. The van der Waals surface area contributed by atoms with E-state index in [-0.39, 0.29) is 82.2 Å². The van der Waals surface area contributed by atoms with Gasteiger partial charge in [0.15, 0.2) is 5.96 Å². The fourth-order valence-electron chi connectivity index (χ4n) is 10.5. The Kier molecular flexibility index (Phi) is 32.0. The summed E-state index contributed by atoms with van der Waals surface area (Å²) < 4.78 is 0. The molecule has 0 radical (unpaired) electrons. The molecule has 0 spiro atoms. The molecule has 4 rings (SSSR count). The molecule has 0 bridgehead atoms. The first-order valence-corrected chi connectivity index (χ1v) is 31.9. The predicted molar refractivity (Wildman–Crippen MR) is 338 cm³/mol. The highest BCUT2D eigenvalue weighted by Gasteiger charge is 2.41. The monoisotopic (exact) mass is 1280 g/mol. The Morgan fingerprint density at radius 2 is 1.09 bits per heavy atom. The smallest absolute Gasteiger partial charge is 0.245 e. The molecule has 0 aromatic heterocycles. The molecule has 2 saturated heterocycles. The van der Waals surface area contributed by atoms with Gasteiger partial charge in [-0.2, -0.15) is 11.8 Å². The number of unbranched alkanes of at least 4 members (excludes halogenated alkanes) is 1. The number of thioether (sulfide) groups is 1. The molecule has 9 atom stereocenters. The molecule has 0 aliphatic carbocycles. The van der Waals surface area contributed by atoms with Crippen LogP contribution in [0.4, 0.5) is 0 Å². The van der Waals surface area contributed by atoms with Gasteiger partial charge in [-0.15, -0.1) is 0 Å². The molecular formula is C60H93N17O12S. The molecule has 2 heterocycles. The first-order valence-electron chi connectivity index (χ1n) is 30.5. The van der Waals surface area contributed by atoms with Gasteiger partial charge in [0, 0.05) is 38.9 Å². The average Bonchev–Trinajstić information content (AvgIpc) is 2.00. The van der Waals surface area contributed by atoms with Gasteiger partial charge in [-0.25, -0.2) is 0 Å². The van der Waals surface area contributed by atoms with E-state index in [0.717, 1.165) is 0 Å². The zero-order chi connectivity index (χ0) is 66.3. The van der Waals surface area contributed by atoms with E-state index in [9.17, 15) is 57.5 Å². The number of amides is 12. The highest BCUT2D eigenvalue weighted by atomic mass is 32.2. The van der Waals surface area contributed by atoms with Crippen LogP contribution in [-0.2, 0) is 70.4 Å². The van der Waals surface area contributed by atoms with Gasteiger partial charge in [-0.3, -0.25) is 62.5 Å². The molecule has 2 aromatic rings. The van der Waals surface area contributed by atoms with Gasteiger partial charge >= 0.3 is 0 Å². The van der Waals surface area contributed by atoms with Crippen molar-refractivity contribution in [2.24, 2.45) is 45.3 Å². The summed E-state index contributed by atoms with van der Waals surface area (Å²) >= 11 is 1.46. The summed E-state index contributed by atoms with van der Waals surface area (Å²) in [4.78, 5) is 170. The number of hydrogen-bond acceptors (Lipinski definition) is 16. The molecule has 90 heavy (non-hydrogen) atoms. The molecule has 30 heteroatoms. The Balaban J connectivity index is 1.49. The number of primary amides is 2. The third kappa shape index (κ3) is 25.6.